The number of hydrogen-bond donors (Lipinski definition) is 0. The van der Waals surface area contributed by atoms with Gasteiger partial charge >= 0.3 is 0 Å². The van der Waals surface area contributed by atoms with Crippen LogP contribution in [0.25, 0.3) is 0 Å². The summed E-state index contributed by atoms with van der Waals surface area (Å²) in [7, 11) is 1.66. The SMILES string of the molecule is COc1ccc(OC/C=C\CN2CCCC2)cc1. The van der Waals surface area contributed by atoms with E-state index < -0.39 is 0 Å². The van der Waals surface area contributed by atoms with Crippen LogP contribution in [0, 0.1) is 0 Å². The number of likely N-dealkylation sites (tertiary alicyclic amines) is 1. The van der Waals surface area contributed by atoms with E-state index in [4.69, 9.17) is 9.47 Å². The molecule has 2 rings (SSSR count). The first-order valence-electron chi connectivity index (χ1n) is 6.53. The van der Waals surface area contributed by atoms with Crippen molar-refractivity contribution in [3.8, 4) is 11.5 Å². The van der Waals surface area contributed by atoms with Crippen LogP contribution in [0.5, 0.6) is 11.5 Å². The highest BCUT2D eigenvalue weighted by molar-refractivity contribution is 5.31. The van der Waals surface area contributed by atoms with Gasteiger partial charge in [0.1, 0.15) is 18.1 Å². The first-order chi connectivity index (χ1) is 8.88. The fourth-order valence-corrected chi connectivity index (χ4v) is 2.07. The smallest absolute Gasteiger partial charge is 0.120 e. The molecule has 0 atom stereocenters. The number of benzene rings is 1. The van der Waals surface area contributed by atoms with Gasteiger partial charge in [0.15, 0.2) is 0 Å². The molecule has 0 aliphatic carbocycles. The van der Waals surface area contributed by atoms with E-state index >= 15 is 0 Å². The standard InChI is InChI=1S/C15H21NO2/c1-17-14-6-8-15(9-7-14)18-13-5-4-12-16-10-2-3-11-16/h4-9H,2-3,10-13H2,1H3/b5-4-. The summed E-state index contributed by atoms with van der Waals surface area (Å²) in [5, 5.41) is 0. The van der Waals surface area contributed by atoms with Crippen molar-refractivity contribution in [2.24, 2.45) is 0 Å². The minimum Gasteiger partial charge on any atom is -0.497 e. The van der Waals surface area contributed by atoms with Gasteiger partial charge in [-0.2, -0.15) is 0 Å². The van der Waals surface area contributed by atoms with Crippen LogP contribution < -0.4 is 9.47 Å². The van der Waals surface area contributed by atoms with Gasteiger partial charge in [-0.15, -0.1) is 0 Å². The van der Waals surface area contributed by atoms with Crippen molar-refractivity contribution in [2.45, 2.75) is 12.8 Å². The van der Waals surface area contributed by atoms with Gasteiger partial charge in [-0.25, -0.2) is 0 Å². The van der Waals surface area contributed by atoms with Gasteiger partial charge < -0.3 is 9.47 Å². The molecule has 3 nitrogen and oxygen atoms in total. The van der Waals surface area contributed by atoms with E-state index in [1.165, 1.54) is 25.9 Å². The average molecular weight is 247 g/mol. The first-order valence-corrected chi connectivity index (χ1v) is 6.53. The molecule has 1 aromatic carbocycles. The van der Waals surface area contributed by atoms with E-state index in [9.17, 15) is 0 Å². The van der Waals surface area contributed by atoms with Crippen LogP contribution in [0.1, 0.15) is 12.8 Å². The number of hydrogen-bond acceptors (Lipinski definition) is 3. The Kier molecular flexibility index (Phi) is 5.09. The van der Waals surface area contributed by atoms with Gasteiger partial charge in [0, 0.05) is 6.54 Å². The molecule has 0 radical (unpaired) electrons. The van der Waals surface area contributed by atoms with Crippen LogP contribution in [0.15, 0.2) is 36.4 Å². The second-order valence-electron chi connectivity index (χ2n) is 4.47. The zero-order valence-corrected chi connectivity index (χ0v) is 11.0. The number of ether oxygens (including phenoxy) is 2. The Hall–Kier alpha value is -1.48. The molecule has 0 unspecified atom stereocenters. The Morgan fingerprint density at radius 2 is 1.72 bits per heavy atom. The molecule has 1 aliphatic heterocycles. The summed E-state index contributed by atoms with van der Waals surface area (Å²) in [5.74, 6) is 1.73. The molecule has 18 heavy (non-hydrogen) atoms. The molecule has 0 spiro atoms. The minimum absolute atomic E-state index is 0.625. The Morgan fingerprint density at radius 3 is 2.39 bits per heavy atom. The summed E-state index contributed by atoms with van der Waals surface area (Å²) >= 11 is 0. The molecule has 1 saturated heterocycles. The second kappa shape index (κ2) is 7.07. The average Bonchev–Trinajstić information content (AvgIpc) is 2.92. The van der Waals surface area contributed by atoms with Crippen LogP contribution in [0.3, 0.4) is 0 Å². The first kappa shape index (κ1) is 13.0. The van der Waals surface area contributed by atoms with Crippen molar-refractivity contribution in [1.82, 2.24) is 4.90 Å². The lowest BCUT2D eigenvalue weighted by Crippen LogP contribution is -2.18. The fourth-order valence-electron chi connectivity index (χ4n) is 2.07. The van der Waals surface area contributed by atoms with Crippen LogP contribution >= 0.6 is 0 Å². The van der Waals surface area contributed by atoms with Crippen LogP contribution in [-0.4, -0.2) is 38.3 Å². The van der Waals surface area contributed by atoms with E-state index in [1.54, 1.807) is 7.11 Å². The second-order valence-corrected chi connectivity index (χ2v) is 4.47. The van der Waals surface area contributed by atoms with E-state index in [2.05, 4.69) is 17.1 Å². The Balaban J connectivity index is 1.65. The predicted octanol–water partition coefficient (Wildman–Crippen LogP) is 2.73. The maximum atomic E-state index is 5.61. The molecular weight excluding hydrogens is 226 g/mol. The van der Waals surface area contributed by atoms with E-state index in [1.807, 2.05) is 24.3 Å². The van der Waals surface area contributed by atoms with Crippen molar-refractivity contribution in [1.29, 1.82) is 0 Å². The lowest BCUT2D eigenvalue weighted by atomic mass is 10.3. The molecule has 3 heteroatoms. The van der Waals surface area contributed by atoms with Crippen LogP contribution in [0.2, 0.25) is 0 Å². The van der Waals surface area contributed by atoms with Gasteiger partial charge in [0.25, 0.3) is 0 Å². The highest BCUT2D eigenvalue weighted by Crippen LogP contribution is 2.16. The normalized spacial score (nSPS) is 16.3. The van der Waals surface area contributed by atoms with E-state index in [-0.39, 0.29) is 0 Å². The third-order valence-corrected chi connectivity index (χ3v) is 3.13. The molecule has 1 aromatic rings. The summed E-state index contributed by atoms with van der Waals surface area (Å²) in [5.41, 5.74) is 0. The number of nitrogens with zero attached hydrogens (tertiary/aromatic N) is 1. The van der Waals surface area contributed by atoms with Crippen LogP contribution in [0.4, 0.5) is 0 Å². The highest BCUT2D eigenvalue weighted by atomic mass is 16.5. The molecule has 0 aromatic heterocycles. The van der Waals surface area contributed by atoms with Gasteiger partial charge in [0.05, 0.1) is 7.11 Å². The van der Waals surface area contributed by atoms with Gasteiger partial charge in [-0.1, -0.05) is 12.2 Å². The molecule has 1 heterocycles. The lowest BCUT2D eigenvalue weighted by Gasteiger charge is -2.10. The Labute approximate surface area is 109 Å². The molecule has 98 valence electrons. The molecule has 1 fully saturated rings. The predicted molar refractivity (Wildman–Crippen MR) is 73.3 cm³/mol. The third-order valence-electron chi connectivity index (χ3n) is 3.13. The maximum Gasteiger partial charge on any atom is 0.120 e. The largest absolute Gasteiger partial charge is 0.497 e. The summed E-state index contributed by atoms with van der Waals surface area (Å²) in [6.45, 7) is 4.15. The van der Waals surface area contributed by atoms with Crippen molar-refractivity contribution in [2.75, 3.05) is 33.4 Å². The molecular formula is C15H21NO2. The number of rotatable bonds is 6. The quantitative estimate of drug-likeness (QED) is 0.721. The van der Waals surface area contributed by atoms with Crippen molar-refractivity contribution < 1.29 is 9.47 Å². The molecule has 0 saturated carbocycles. The molecule has 0 bridgehead atoms. The topological polar surface area (TPSA) is 21.7 Å². The van der Waals surface area contributed by atoms with E-state index in [0.717, 1.165) is 18.0 Å². The summed E-state index contributed by atoms with van der Waals surface area (Å²) in [6, 6.07) is 7.66. The van der Waals surface area contributed by atoms with Crippen LogP contribution in [-0.2, 0) is 0 Å². The zero-order valence-electron chi connectivity index (χ0n) is 11.0. The fraction of sp³-hybridized carbons (Fsp3) is 0.467. The van der Waals surface area contributed by atoms with Gasteiger partial charge in [-0.3, -0.25) is 4.90 Å². The molecule has 1 aliphatic rings. The minimum atomic E-state index is 0.625. The maximum absolute atomic E-state index is 5.61. The lowest BCUT2D eigenvalue weighted by molar-refractivity contribution is 0.355. The Morgan fingerprint density at radius 1 is 1.06 bits per heavy atom. The van der Waals surface area contributed by atoms with Crippen molar-refractivity contribution >= 4 is 0 Å². The number of methoxy groups -OCH3 is 1. The van der Waals surface area contributed by atoms with Crippen molar-refractivity contribution in [3.63, 3.8) is 0 Å². The van der Waals surface area contributed by atoms with Gasteiger partial charge in [0.2, 0.25) is 0 Å². The molecule has 0 amide bonds. The summed E-state index contributed by atoms with van der Waals surface area (Å²) < 4.78 is 10.7. The summed E-state index contributed by atoms with van der Waals surface area (Å²) in [6.07, 6.45) is 6.96. The summed E-state index contributed by atoms with van der Waals surface area (Å²) in [4.78, 5) is 2.46. The van der Waals surface area contributed by atoms with Gasteiger partial charge in [-0.05, 0) is 50.2 Å². The Bertz CT molecular complexity index is 367. The van der Waals surface area contributed by atoms with E-state index in [0.29, 0.717) is 6.61 Å². The molecule has 0 N–H and O–H groups in total. The zero-order chi connectivity index (χ0) is 12.6. The highest BCUT2D eigenvalue weighted by Gasteiger charge is 2.08. The monoisotopic (exact) mass is 247 g/mol. The third kappa shape index (κ3) is 4.08. The van der Waals surface area contributed by atoms with Crippen molar-refractivity contribution in [3.05, 3.63) is 36.4 Å².